The van der Waals surface area contributed by atoms with E-state index < -0.39 is 41.6 Å². The molecule has 4 saturated heterocycles. The van der Waals surface area contributed by atoms with Gasteiger partial charge in [-0.05, 0) is 43.0 Å². The first kappa shape index (κ1) is 23.6. The predicted octanol–water partition coefficient (Wildman–Crippen LogP) is 3.49. The Labute approximate surface area is 198 Å². The van der Waals surface area contributed by atoms with Crippen molar-refractivity contribution in [1.29, 1.82) is 0 Å². The van der Waals surface area contributed by atoms with Crippen molar-refractivity contribution < 1.29 is 31.7 Å². The second-order valence-corrected chi connectivity index (χ2v) is 13.6. The zero-order chi connectivity index (χ0) is 22.7. The second kappa shape index (κ2) is 8.81. The first-order valence-corrected chi connectivity index (χ1v) is 14.4. The highest BCUT2D eigenvalue weighted by molar-refractivity contribution is 9.10. The summed E-state index contributed by atoms with van der Waals surface area (Å²) in [7, 11) is -3.55. The Morgan fingerprint density at radius 3 is 2.75 bits per heavy atom. The molecule has 1 aromatic rings. The van der Waals surface area contributed by atoms with E-state index in [2.05, 4.69) is 34.4 Å². The summed E-state index contributed by atoms with van der Waals surface area (Å²) in [6.07, 6.45) is 0.991. The molecule has 32 heavy (non-hydrogen) atoms. The first-order chi connectivity index (χ1) is 15.3. The highest BCUT2D eigenvalue weighted by Crippen LogP contribution is 2.60. The topological polar surface area (TPSA) is 83.5 Å². The molecule has 0 amide bonds. The van der Waals surface area contributed by atoms with Gasteiger partial charge in [0.2, 0.25) is 9.84 Å². The van der Waals surface area contributed by atoms with Crippen LogP contribution in [0.4, 0.5) is 0 Å². The third kappa shape index (κ3) is 3.80. The van der Waals surface area contributed by atoms with Crippen LogP contribution in [0.5, 0.6) is 0 Å². The number of ether oxygens (including phenoxy) is 3. The lowest BCUT2D eigenvalue weighted by Crippen LogP contribution is -2.46. The van der Waals surface area contributed by atoms with Crippen LogP contribution in [0.3, 0.4) is 0 Å². The molecule has 0 radical (unpaired) electrons. The van der Waals surface area contributed by atoms with Gasteiger partial charge < -0.3 is 23.3 Å². The molecule has 4 unspecified atom stereocenters. The number of hydrogen-bond acceptors (Lipinski definition) is 8. The van der Waals surface area contributed by atoms with Gasteiger partial charge in [0, 0.05) is 24.2 Å². The van der Waals surface area contributed by atoms with Gasteiger partial charge in [0.25, 0.3) is 8.53 Å². The molecule has 11 heteroatoms. The Balaban J connectivity index is 1.42. The van der Waals surface area contributed by atoms with Crippen molar-refractivity contribution in [2.45, 2.75) is 67.0 Å². The summed E-state index contributed by atoms with van der Waals surface area (Å²) in [4.78, 5) is 0.190. The van der Waals surface area contributed by atoms with Gasteiger partial charge in [0.15, 0.2) is 5.44 Å². The standard InChI is InChI=1S/C21H29BrNO7PS/c1-13(2)17-16-5-4-10-23(16)31(29-17)30-19-18-20(28-21(19,11-26-3)12-27-18)32(24,25)15-8-6-14(22)7-9-15/h6-9,13,16-20H,4-5,10-12H2,1-3H3/t16?,17?,18-,19?,20-,21+,31?/m0/s1. The predicted molar refractivity (Wildman–Crippen MR) is 122 cm³/mol. The Kier molecular flexibility index (Phi) is 6.49. The fourth-order valence-corrected chi connectivity index (χ4v) is 9.31. The van der Waals surface area contributed by atoms with Gasteiger partial charge in [-0.2, -0.15) is 0 Å². The highest BCUT2D eigenvalue weighted by atomic mass is 79.9. The van der Waals surface area contributed by atoms with Gasteiger partial charge in [-0.15, -0.1) is 0 Å². The number of benzene rings is 1. The summed E-state index contributed by atoms with van der Waals surface area (Å²) in [6, 6.07) is 6.90. The van der Waals surface area contributed by atoms with Gasteiger partial charge in [0.1, 0.15) is 17.8 Å². The zero-order valence-corrected chi connectivity index (χ0v) is 21.6. The number of halogens is 1. The van der Waals surface area contributed by atoms with E-state index in [4.69, 9.17) is 23.3 Å². The number of nitrogens with zero attached hydrogens (tertiary/aromatic N) is 1. The summed E-state index contributed by atoms with van der Waals surface area (Å²) in [5, 5.41) is 0. The van der Waals surface area contributed by atoms with E-state index in [1.54, 1.807) is 31.4 Å². The quantitative estimate of drug-likeness (QED) is 0.478. The van der Waals surface area contributed by atoms with Crippen molar-refractivity contribution in [2.24, 2.45) is 5.92 Å². The van der Waals surface area contributed by atoms with E-state index in [0.29, 0.717) is 12.0 Å². The maximum absolute atomic E-state index is 13.4. The Bertz CT molecular complexity index is 948. The molecule has 5 rings (SSSR count). The van der Waals surface area contributed by atoms with Crippen LogP contribution in [-0.2, 0) is 33.1 Å². The normalized spacial score (nSPS) is 39.3. The van der Waals surface area contributed by atoms with Gasteiger partial charge in [-0.25, -0.2) is 13.1 Å². The van der Waals surface area contributed by atoms with Crippen LogP contribution in [0.2, 0.25) is 0 Å². The van der Waals surface area contributed by atoms with Crippen LogP contribution < -0.4 is 0 Å². The van der Waals surface area contributed by atoms with Crippen molar-refractivity contribution >= 4 is 34.3 Å². The zero-order valence-electron chi connectivity index (χ0n) is 18.3. The SMILES string of the molecule is COC[C@@]12CO[C@@H](C1OP1OC(C(C)C)C3CCCN31)[C@H](S(=O)(=O)c1ccc(Br)cc1)O2. The van der Waals surface area contributed by atoms with Crippen LogP contribution in [-0.4, -0.2) is 75.3 Å². The van der Waals surface area contributed by atoms with Crippen molar-refractivity contribution in [3.05, 3.63) is 28.7 Å². The largest absolute Gasteiger partial charge is 0.381 e. The molecule has 4 fully saturated rings. The van der Waals surface area contributed by atoms with Gasteiger partial charge in [-0.1, -0.05) is 29.8 Å². The monoisotopic (exact) mass is 549 g/mol. The van der Waals surface area contributed by atoms with E-state index in [1.165, 1.54) is 0 Å². The van der Waals surface area contributed by atoms with Gasteiger partial charge in [0.05, 0.1) is 24.2 Å². The molecule has 0 aromatic heterocycles. The summed E-state index contributed by atoms with van der Waals surface area (Å²) >= 11 is 3.35. The minimum atomic E-state index is -3.80. The summed E-state index contributed by atoms with van der Waals surface area (Å²) in [5.41, 5.74) is -2.14. The molecule has 0 saturated carbocycles. The highest BCUT2D eigenvalue weighted by Gasteiger charge is 2.67. The van der Waals surface area contributed by atoms with Crippen LogP contribution in [0.15, 0.2) is 33.6 Å². The Morgan fingerprint density at radius 2 is 2.06 bits per heavy atom. The average molecular weight is 550 g/mol. The van der Waals surface area contributed by atoms with Crippen molar-refractivity contribution in [2.75, 3.05) is 26.9 Å². The summed E-state index contributed by atoms with van der Waals surface area (Å²) < 4.78 is 60.6. The molecule has 2 bridgehead atoms. The lowest BCUT2D eigenvalue weighted by atomic mass is 9.99. The van der Waals surface area contributed by atoms with E-state index in [1.807, 2.05) is 0 Å². The lowest BCUT2D eigenvalue weighted by Gasteiger charge is -2.31. The maximum atomic E-state index is 13.4. The number of sulfone groups is 1. The fourth-order valence-electron chi connectivity index (χ4n) is 5.18. The number of methoxy groups -OCH3 is 1. The van der Waals surface area contributed by atoms with Crippen molar-refractivity contribution in [3.63, 3.8) is 0 Å². The molecular weight excluding hydrogens is 521 g/mol. The molecule has 0 spiro atoms. The van der Waals surface area contributed by atoms with E-state index in [9.17, 15) is 8.42 Å². The molecule has 8 nitrogen and oxygen atoms in total. The molecule has 7 atom stereocenters. The third-order valence-corrected chi connectivity index (χ3v) is 10.9. The van der Waals surface area contributed by atoms with Crippen LogP contribution in [0.25, 0.3) is 0 Å². The number of fused-ring (bicyclic) bond motifs is 3. The Hall–Kier alpha value is -0.160. The van der Waals surface area contributed by atoms with Crippen molar-refractivity contribution in [3.8, 4) is 0 Å². The second-order valence-electron chi connectivity index (χ2n) is 9.21. The molecule has 178 valence electrons. The van der Waals surface area contributed by atoms with E-state index in [-0.39, 0.29) is 24.2 Å². The van der Waals surface area contributed by atoms with Crippen molar-refractivity contribution in [1.82, 2.24) is 4.67 Å². The molecular formula is C21H29BrNO7PS. The van der Waals surface area contributed by atoms with Gasteiger partial charge in [-0.3, -0.25) is 0 Å². The average Bonchev–Trinajstić information content (AvgIpc) is 3.49. The fraction of sp³-hybridized carbons (Fsp3) is 0.714. The van der Waals surface area contributed by atoms with Crippen LogP contribution in [0.1, 0.15) is 26.7 Å². The maximum Gasteiger partial charge on any atom is 0.259 e. The number of rotatable bonds is 7. The summed E-state index contributed by atoms with van der Waals surface area (Å²) in [5.74, 6) is 0.378. The van der Waals surface area contributed by atoms with Gasteiger partial charge >= 0.3 is 0 Å². The molecule has 1 aromatic carbocycles. The van der Waals surface area contributed by atoms with E-state index >= 15 is 0 Å². The van der Waals surface area contributed by atoms with Crippen LogP contribution >= 0.6 is 24.5 Å². The minimum Gasteiger partial charge on any atom is -0.381 e. The summed E-state index contributed by atoms with van der Waals surface area (Å²) in [6.45, 7) is 5.66. The first-order valence-electron chi connectivity index (χ1n) is 10.9. The third-order valence-electron chi connectivity index (χ3n) is 6.72. The molecule has 4 heterocycles. The number of hydrogen-bond donors (Lipinski definition) is 0. The minimum absolute atomic E-state index is 0.116. The molecule has 4 aliphatic rings. The molecule has 0 aliphatic carbocycles. The van der Waals surface area contributed by atoms with E-state index in [0.717, 1.165) is 23.9 Å². The molecule has 4 aliphatic heterocycles. The van der Waals surface area contributed by atoms with Crippen LogP contribution in [0, 0.1) is 5.92 Å². The Morgan fingerprint density at radius 1 is 1.31 bits per heavy atom. The molecule has 0 N–H and O–H groups in total. The lowest BCUT2D eigenvalue weighted by molar-refractivity contribution is -0.140. The smallest absolute Gasteiger partial charge is 0.259 e.